The second-order valence-electron chi connectivity index (χ2n) is 4.56. The van der Waals surface area contributed by atoms with Gasteiger partial charge in [-0.3, -0.25) is 4.79 Å². The van der Waals surface area contributed by atoms with Gasteiger partial charge in [0.2, 0.25) is 5.88 Å². The predicted molar refractivity (Wildman–Crippen MR) is 76.6 cm³/mol. The van der Waals surface area contributed by atoms with Gasteiger partial charge >= 0.3 is 5.97 Å². The maximum atomic E-state index is 11.1. The lowest BCUT2D eigenvalue weighted by Crippen LogP contribution is -2.24. The average Bonchev–Trinajstić information content (AvgIpc) is 2.40. The Morgan fingerprint density at radius 1 is 1.40 bits per heavy atom. The summed E-state index contributed by atoms with van der Waals surface area (Å²) in [5.41, 5.74) is 0.995. The summed E-state index contributed by atoms with van der Waals surface area (Å²) in [6.45, 7) is 4.43. The molecule has 0 amide bonds. The predicted octanol–water partition coefficient (Wildman–Crippen LogP) is 0.675. The van der Waals surface area contributed by atoms with Crippen LogP contribution in [0.15, 0.2) is 18.3 Å². The first-order valence-corrected chi connectivity index (χ1v) is 6.70. The summed E-state index contributed by atoms with van der Waals surface area (Å²) >= 11 is 0. The molecule has 112 valence electrons. The van der Waals surface area contributed by atoms with Crippen molar-refractivity contribution in [1.82, 2.24) is 15.2 Å². The molecule has 0 spiro atoms. The molecule has 0 saturated heterocycles. The molecule has 1 N–H and O–H groups in total. The second kappa shape index (κ2) is 9.28. The fourth-order valence-corrected chi connectivity index (χ4v) is 1.45. The highest BCUT2D eigenvalue weighted by molar-refractivity contribution is 5.71. The fraction of sp³-hybridized carbons (Fsp3) is 0.571. The van der Waals surface area contributed by atoms with Crippen LogP contribution in [0.3, 0.4) is 0 Å². The van der Waals surface area contributed by atoms with Gasteiger partial charge in [0.25, 0.3) is 0 Å². The van der Waals surface area contributed by atoms with Gasteiger partial charge in [-0.25, -0.2) is 4.98 Å². The molecule has 1 rings (SSSR count). The van der Waals surface area contributed by atoms with E-state index in [0.717, 1.165) is 12.1 Å². The highest BCUT2D eigenvalue weighted by Crippen LogP contribution is 2.07. The molecule has 0 bridgehead atoms. The van der Waals surface area contributed by atoms with Gasteiger partial charge in [-0.05, 0) is 26.6 Å². The number of pyridine rings is 1. The molecule has 0 fully saturated rings. The Balaban J connectivity index is 2.26. The number of nitrogens with zero attached hydrogens (tertiary/aromatic N) is 2. The van der Waals surface area contributed by atoms with Crippen molar-refractivity contribution < 1.29 is 14.3 Å². The highest BCUT2D eigenvalue weighted by Gasteiger charge is 2.01. The summed E-state index contributed by atoms with van der Waals surface area (Å²) in [4.78, 5) is 17.4. The monoisotopic (exact) mass is 281 g/mol. The molecule has 1 heterocycles. The molecule has 1 aromatic heterocycles. The quantitative estimate of drug-likeness (QED) is 0.671. The Bertz CT molecular complexity index is 393. The first-order chi connectivity index (χ1) is 9.61. The van der Waals surface area contributed by atoms with Crippen LogP contribution in [0, 0.1) is 0 Å². The van der Waals surface area contributed by atoms with E-state index in [-0.39, 0.29) is 12.5 Å². The van der Waals surface area contributed by atoms with Gasteiger partial charge in [-0.1, -0.05) is 6.07 Å². The summed E-state index contributed by atoms with van der Waals surface area (Å²) in [5.74, 6) is 0.366. The lowest BCUT2D eigenvalue weighted by Gasteiger charge is -2.10. The van der Waals surface area contributed by atoms with Crippen molar-refractivity contribution in [1.29, 1.82) is 0 Å². The summed E-state index contributed by atoms with van der Waals surface area (Å²) in [5, 5.41) is 3.00. The normalized spacial score (nSPS) is 10.6. The van der Waals surface area contributed by atoms with Crippen LogP contribution in [-0.4, -0.2) is 56.3 Å². The zero-order chi connectivity index (χ0) is 14.8. The van der Waals surface area contributed by atoms with E-state index < -0.39 is 0 Å². The zero-order valence-corrected chi connectivity index (χ0v) is 12.4. The van der Waals surface area contributed by atoms with Crippen molar-refractivity contribution in [3.05, 3.63) is 23.9 Å². The van der Waals surface area contributed by atoms with Gasteiger partial charge in [-0.2, -0.15) is 0 Å². The zero-order valence-electron chi connectivity index (χ0n) is 12.4. The van der Waals surface area contributed by atoms with Gasteiger partial charge in [0, 0.05) is 25.4 Å². The van der Waals surface area contributed by atoms with E-state index in [4.69, 9.17) is 9.47 Å². The van der Waals surface area contributed by atoms with Crippen molar-refractivity contribution >= 4 is 5.97 Å². The highest BCUT2D eigenvalue weighted by atomic mass is 16.5. The minimum atomic E-state index is -0.246. The van der Waals surface area contributed by atoms with E-state index in [0.29, 0.717) is 25.6 Å². The van der Waals surface area contributed by atoms with E-state index in [1.54, 1.807) is 13.1 Å². The molecule has 0 aliphatic carbocycles. The van der Waals surface area contributed by atoms with Crippen LogP contribution in [0.5, 0.6) is 5.88 Å². The third kappa shape index (κ3) is 7.06. The number of carbonyl (C=O) groups is 1. The molecule has 1 aromatic rings. The van der Waals surface area contributed by atoms with Crippen LogP contribution in [0.25, 0.3) is 0 Å². The van der Waals surface area contributed by atoms with Crippen LogP contribution < -0.4 is 10.1 Å². The SMILES string of the molecule is CCOC(=O)CNCc1ccc(OCCN(C)C)nc1. The Kier molecular flexibility index (Phi) is 7.60. The standard InChI is InChI=1S/C14H23N3O3/c1-4-19-14(18)11-15-9-12-5-6-13(16-10-12)20-8-7-17(2)3/h5-6,10,15H,4,7-9,11H2,1-3H3. The Morgan fingerprint density at radius 2 is 2.20 bits per heavy atom. The number of esters is 1. The van der Waals surface area contributed by atoms with Gasteiger partial charge in [0.1, 0.15) is 6.61 Å². The van der Waals surface area contributed by atoms with Crippen molar-refractivity contribution in [2.24, 2.45) is 0 Å². The molecule has 0 saturated carbocycles. The van der Waals surface area contributed by atoms with Crippen LogP contribution in [0.1, 0.15) is 12.5 Å². The molecule has 0 radical (unpaired) electrons. The maximum Gasteiger partial charge on any atom is 0.319 e. The fourth-order valence-electron chi connectivity index (χ4n) is 1.45. The average molecular weight is 281 g/mol. The smallest absolute Gasteiger partial charge is 0.319 e. The Labute approximate surface area is 120 Å². The first kappa shape index (κ1) is 16.4. The van der Waals surface area contributed by atoms with E-state index in [9.17, 15) is 4.79 Å². The molecule has 0 atom stereocenters. The van der Waals surface area contributed by atoms with Crippen molar-refractivity contribution in [2.75, 3.05) is 40.4 Å². The molecule has 6 heteroatoms. The van der Waals surface area contributed by atoms with Gasteiger partial charge < -0.3 is 19.7 Å². The lowest BCUT2D eigenvalue weighted by molar-refractivity contribution is -0.142. The number of likely N-dealkylation sites (N-methyl/N-ethyl adjacent to an activating group) is 1. The number of rotatable bonds is 9. The van der Waals surface area contributed by atoms with Crippen LogP contribution in [0.4, 0.5) is 0 Å². The summed E-state index contributed by atoms with van der Waals surface area (Å²) in [6.07, 6.45) is 1.74. The largest absolute Gasteiger partial charge is 0.476 e. The van der Waals surface area contributed by atoms with Crippen molar-refractivity contribution in [3.63, 3.8) is 0 Å². The number of hydrogen-bond donors (Lipinski definition) is 1. The Hall–Kier alpha value is -1.66. The summed E-state index contributed by atoms with van der Waals surface area (Å²) in [6, 6.07) is 3.76. The first-order valence-electron chi connectivity index (χ1n) is 6.70. The number of nitrogens with one attached hydrogen (secondary N) is 1. The van der Waals surface area contributed by atoms with E-state index in [2.05, 4.69) is 10.3 Å². The third-order valence-corrected chi connectivity index (χ3v) is 2.49. The molecule has 0 aliphatic rings. The molecule has 0 unspecified atom stereocenters. The second-order valence-corrected chi connectivity index (χ2v) is 4.56. The molecular formula is C14H23N3O3. The Morgan fingerprint density at radius 3 is 2.80 bits per heavy atom. The van der Waals surface area contributed by atoms with Crippen LogP contribution in [0.2, 0.25) is 0 Å². The van der Waals surface area contributed by atoms with Crippen molar-refractivity contribution in [3.8, 4) is 5.88 Å². The van der Waals surface area contributed by atoms with E-state index in [1.165, 1.54) is 0 Å². The summed E-state index contributed by atoms with van der Waals surface area (Å²) < 4.78 is 10.3. The lowest BCUT2D eigenvalue weighted by atomic mass is 10.3. The van der Waals surface area contributed by atoms with Gasteiger partial charge in [0.15, 0.2) is 0 Å². The molecule has 20 heavy (non-hydrogen) atoms. The topological polar surface area (TPSA) is 63.7 Å². The number of ether oxygens (including phenoxy) is 2. The van der Waals surface area contributed by atoms with Gasteiger partial charge in [-0.15, -0.1) is 0 Å². The van der Waals surface area contributed by atoms with E-state index in [1.807, 2.05) is 31.1 Å². The minimum Gasteiger partial charge on any atom is -0.476 e. The molecule has 6 nitrogen and oxygen atoms in total. The van der Waals surface area contributed by atoms with Crippen molar-refractivity contribution in [2.45, 2.75) is 13.5 Å². The number of aromatic nitrogens is 1. The van der Waals surface area contributed by atoms with Crippen LogP contribution in [-0.2, 0) is 16.1 Å². The molecule has 0 aliphatic heterocycles. The van der Waals surface area contributed by atoms with E-state index >= 15 is 0 Å². The minimum absolute atomic E-state index is 0.203. The summed E-state index contributed by atoms with van der Waals surface area (Å²) in [7, 11) is 3.99. The van der Waals surface area contributed by atoms with Crippen LogP contribution >= 0.6 is 0 Å². The maximum absolute atomic E-state index is 11.1. The molecular weight excluding hydrogens is 258 g/mol. The van der Waals surface area contributed by atoms with Gasteiger partial charge in [0.05, 0.1) is 13.2 Å². The third-order valence-electron chi connectivity index (χ3n) is 2.49. The number of carbonyl (C=O) groups excluding carboxylic acids is 1. The number of hydrogen-bond acceptors (Lipinski definition) is 6. The molecule has 0 aromatic carbocycles.